The van der Waals surface area contributed by atoms with Crippen molar-refractivity contribution >= 4 is 28.5 Å². The van der Waals surface area contributed by atoms with Gasteiger partial charge in [0.2, 0.25) is 0 Å². The molecular weight excluding hydrogens is 322 g/mol. The molecule has 2 aromatic rings. The van der Waals surface area contributed by atoms with Crippen LogP contribution in [-0.4, -0.2) is 37.0 Å². The summed E-state index contributed by atoms with van der Waals surface area (Å²) in [4.78, 5) is 17.0. The van der Waals surface area contributed by atoms with Crippen molar-refractivity contribution in [3.63, 3.8) is 0 Å². The summed E-state index contributed by atoms with van der Waals surface area (Å²) in [5.74, 6) is -0.0364. The molecule has 4 rings (SSSR count). The lowest BCUT2D eigenvalue weighted by Crippen LogP contribution is -2.36. The number of hydrogen-bond donors (Lipinski definition) is 1. The molecule has 4 nitrogen and oxygen atoms in total. The van der Waals surface area contributed by atoms with Gasteiger partial charge in [-0.05, 0) is 69.7 Å². The fraction of sp³-hybridized carbons (Fsp3) is 0.318. The molecule has 2 aliphatic rings. The van der Waals surface area contributed by atoms with Crippen molar-refractivity contribution in [3.8, 4) is 0 Å². The molecule has 0 aromatic heterocycles. The molecule has 0 spiro atoms. The van der Waals surface area contributed by atoms with E-state index < -0.39 is 0 Å². The highest BCUT2D eigenvalue weighted by atomic mass is 16.2. The smallest absolute Gasteiger partial charge is 0.262 e. The molecule has 0 atom stereocenters. The van der Waals surface area contributed by atoms with Crippen LogP contribution < -0.4 is 10.2 Å². The number of likely N-dealkylation sites (tertiary alicyclic amines) is 1. The van der Waals surface area contributed by atoms with Crippen LogP contribution in [-0.2, 0) is 4.79 Å². The maximum atomic E-state index is 12.9. The molecular formula is C22H25N3O. The van der Waals surface area contributed by atoms with Crippen molar-refractivity contribution in [2.45, 2.75) is 25.8 Å². The van der Waals surface area contributed by atoms with Crippen LogP contribution >= 0.6 is 0 Å². The molecule has 0 unspecified atom stereocenters. The average molecular weight is 347 g/mol. The molecule has 0 aliphatic carbocycles. The van der Waals surface area contributed by atoms with Crippen LogP contribution in [0.2, 0.25) is 0 Å². The van der Waals surface area contributed by atoms with E-state index in [2.05, 4.69) is 36.8 Å². The Kier molecular flexibility index (Phi) is 4.29. The van der Waals surface area contributed by atoms with Crippen molar-refractivity contribution in [2.75, 3.05) is 30.4 Å². The second kappa shape index (κ2) is 6.61. The number of benzene rings is 2. The molecule has 1 amide bonds. The SMILES string of the molecule is C=C1C(=O)N(c2ccccc2)c2ccc(NC3CCN(C)CC3)c(C)c21. The number of carbonyl (C=O) groups is 1. The van der Waals surface area contributed by atoms with Crippen LogP contribution in [0.3, 0.4) is 0 Å². The van der Waals surface area contributed by atoms with Gasteiger partial charge in [-0.1, -0.05) is 24.8 Å². The van der Waals surface area contributed by atoms with E-state index in [1.807, 2.05) is 36.4 Å². The van der Waals surface area contributed by atoms with Crippen molar-refractivity contribution in [3.05, 3.63) is 60.2 Å². The van der Waals surface area contributed by atoms with Crippen molar-refractivity contribution in [2.24, 2.45) is 0 Å². The Labute approximate surface area is 155 Å². The number of piperidine rings is 1. The summed E-state index contributed by atoms with van der Waals surface area (Å²) in [7, 11) is 2.17. The van der Waals surface area contributed by atoms with Gasteiger partial charge in [-0.3, -0.25) is 9.69 Å². The largest absolute Gasteiger partial charge is 0.382 e. The molecule has 134 valence electrons. The van der Waals surface area contributed by atoms with Crippen LogP contribution in [0.4, 0.5) is 17.1 Å². The van der Waals surface area contributed by atoms with Gasteiger partial charge in [0, 0.05) is 28.6 Å². The summed E-state index contributed by atoms with van der Waals surface area (Å²) >= 11 is 0. The summed E-state index contributed by atoms with van der Waals surface area (Å²) < 4.78 is 0. The third-order valence-electron chi connectivity index (χ3n) is 5.54. The van der Waals surface area contributed by atoms with E-state index in [0.29, 0.717) is 11.6 Å². The monoisotopic (exact) mass is 347 g/mol. The lowest BCUT2D eigenvalue weighted by molar-refractivity contribution is -0.112. The first kappa shape index (κ1) is 16.9. The molecule has 26 heavy (non-hydrogen) atoms. The predicted octanol–water partition coefficient (Wildman–Crippen LogP) is 4.19. The zero-order valence-electron chi connectivity index (χ0n) is 15.5. The fourth-order valence-corrected chi connectivity index (χ4v) is 3.98. The molecule has 2 aliphatic heterocycles. The Morgan fingerprint density at radius 3 is 2.46 bits per heavy atom. The van der Waals surface area contributed by atoms with Crippen molar-refractivity contribution in [1.82, 2.24) is 4.90 Å². The van der Waals surface area contributed by atoms with Crippen LogP contribution in [0.5, 0.6) is 0 Å². The fourth-order valence-electron chi connectivity index (χ4n) is 3.98. The van der Waals surface area contributed by atoms with Gasteiger partial charge in [0.25, 0.3) is 5.91 Å². The zero-order valence-corrected chi connectivity index (χ0v) is 15.5. The van der Waals surface area contributed by atoms with E-state index in [1.54, 1.807) is 4.90 Å². The Morgan fingerprint density at radius 2 is 1.77 bits per heavy atom. The Balaban J connectivity index is 1.67. The number of nitrogens with one attached hydrogen (secondary N) is 1. The number of para-hydroxylation sites is 1. The molecule has 1 fully saturated rings. The lowest BCUT2D eigenvalue weighted by Gasteiger charge is -2.31. The Bertz CT molecular complexity index is 851. The summed E-state index contributed by atoms with van der Waals surface area (Å²) in [6.45, 7) is 8.41. The molecule has 2 heterocycles. The molecule has 0 bridgehead atoms. The van der Waals surface area contributed by atoms with Gasteiger partial charge in [-0.2, -0.15) is 0 Å². The summed E-state index contributed by atoms with van der Waals surface area (Å²) in [6.07, 6.45) is 2.28. The second-order valence-corrected chi connectivity index (χ2v) is 7.31. The minimum atomic E-state index is -0.0364. The highest BCUT2D eigenvalue weighted by molar-refractivity contribution is 6.35. The van der Waals surface area contributed by atoms with Crippen LogP contribution in [0.1, 0.15) is 24.0 Å². The molecule has 0 radical (unpaired) electrons. The third-order valence-corrected chi connectivity index (χ3v) is 5.54. The zero-order chi connectivity index (χ0) is 18.3. The van der Waals surface area contributed by atoms with Gasteiger partial charge in [-0.25, -0.2) is 0 Å². The first-order valence-electron chi connectivity index (χ1n) is 9.23. The number of fused-ring (bicyclic) bond motifs is 1. The number of nitrogens with zero attached hydrogens (tertiary/aromatic N) is 2. The molecule has 4 heteroatoms. The Morgan fingerprint density at radius 1 is 1.08 bits per heavy atom. The minimum absolute atomic E-state index is 0.0364. The highest BCUT2D eigenvalue weighted by Crippen LogP contribution is 2.44. The average Bonchev–Trinajstić information content (AvgIpc) is 2.91. The van der Waals surface area contributed by atoms with E-state index in [4.69, 9.17) is 0 Å². The number of rotatable bonds is 3. The Hall–Kier alpha value is -2.59. The number of anilines is 3. The van der Waals surface area contributed by atoms with Gasteiger partial charge in [0.1, 0.15) is 0 Å². The van der Waals surface area contributed by atoms with Gasteiger partial charge >= 0.3 is 0 Å². The summed E-state index contributed by atoms with van der Waals surface area (Å²) in [5.41, 5.74) is 5.58. The van der Waals surface area contributed by atoms with E-state index in [1.165, 1.54) is 0 Å². The number of carbonyl (C=O) groups excluding carboxylic acids is 1. The van der Waals surface area contributed by atoms with Crippen LogP contribution in [0.25, 0.3) is 5.57 Å². The number of amides is 1. The lowest BCUT2D eigenvalue weighted by atomic mass is 9.99. The normalized spacial score (nSPS) is 18.3. The first-order valence-corrected chi connectivity index (χ1v) is 9.23. The minimum Gasteiger partial charge on any atom is -0.382 e. The molecule has 1 saturated heterocycles. The summed E-state index contributed by atoms with van der Waals surface area (Å²) in [6, 6.07) is 14.4. The predicted molar refractivity (Wildman–Crippen MR) is 108 cm³/mol. The molecule has 2 aromatic carbocycles. The van der Waals surface area contributed by atoms with Gasteiger partial charge < -0.3 is 10.2 Å². The molecule has 0 saturated carbocycles. The van der Waals surface area contributed by atoms with E-state index in [-0.39, 0.29) is 5.91 Å². The number of hydrogen-bond acceptors (Lipinski definition) is 3. The van der Waals surface area contributed by atoms with Gasteiger partial charge in [0.05, 0.1) is 5.69 Å². The maximum Gasteiger partial charge on any atom is 0.262 e. The van der Waals surface area contributed by atoms with E-state index in [0.717, 1.165) is 54.1 Å². The van der Waals surface area contributed by atoms with Gasteiger partial charge in [0.15, 0.2) is 0 Å². The first-order chi connectivity index (χ1) is 12.6. The van der Waals surface area contributed by atoms with Crippen molar-refractivity contribution in [1.29, 1.82) is 0 Å². The standard InChI is InChI=1S/C22H25N3O/c1-15-19(23-17-11-13-24(3)14-12-17)9-10-20-21(15)16(2)22(26)25(20)18-7-5-4-6-8-18/h4-10,17,23H,2,11-14H2,1,3H3. The summed E-state index contributed by atoms with van der Waals surface area (Å²) in [5, 5.41) is 3.69. The topological polar surface area (TPSA) is 35.6 Å². The highest BCUT2D eigenvalue weighted by Gasteiger charge is 2.34. The second-order valence-electron chi connectivity index (χ2n) is 7.31. The maximum absolute atomic E-state index is 12.9. The van der Waals surface area contributed by atoms with Crippen LogP contribution in [0, 0.1) is 6.92 Å². The third kappa shape index (κ3) is 2.80. The van der Waals surface area contributed by atoms with Crippen molar-refractivity contribution < 1.29 is 4.79 Å². The quantitative estimate of drug-likeness (QED) is 0.846. The van der Waals surface area contributed by atoms with Gasteiger partial charge in [-0.15, -0.1) is 0 Å². The van der Waals surface area contributed by atoms with Crippen LogP contribution in [0.15, 0.2) is 49.0 Å². The van der Waals surface area contributed by atoms with E-state index >= 15 is 0 Å². The molecule has 1 N–H and O–H groups in total. The van der Waals surface area contributed by atoms with E-state index in [9.17, 15) is 4.79 Å².